The van der Waals surface area contributed by atoms with Crippen LogP contribution in [-0.2, 0) is 23.9 Å². The number of fused-ring (bicyclic) bond motifs is 3. The zero-order valence-electron chi connectivity index (χ0n) is 15.5. The Morgan fingerprint density at radius 2 is 2.07 bits per heavy atom. The molecule has 3 rings (SSSR count). The van der Waals surface area contributed by atoms with E-state index in [0.29, 0.717) is 6.42 Å². The third-order valence-electron chi connectivity index (χ3n) is 6.63. The van der Waals surface area contributed by atoms with Gasteiger partial charge in [-0.05, 0) is 26.2 Å². The van der Waals surface area contributed by atoms with Crippen molar-refractivity contribution in [3.05, 3.63) is 12.2 Å². The van der Waals surface area contributed by atoms with Crippen LogP contribution in [0.1, 0.15) is 33.1 Å². The van der Waals surface area contributed by atoms with E-state index in [0.717, 1.165) is 0 Å². The van der Waals surface area contributed by atoms with Gasteiger partial charge in [-0.2, -0.15) is 0 Å². The molecule has 0 unspecified atom stereocenters. The number of aliphatic hydroxyl groups excluding tert-OH is 2. The fourth-order valence-electron chi connectivity index (χ4n) is 5.04. The van der Waals surface area contributed by atoms with E-state index in [9.17, 15) is 29.7 Å². The molecule has 0 aromatic carbocycles. The summed E-state index contributed by atoms with van der Waals surface area (Å²) in [6.07, 6.45) is -1.60. The van der Waals surface area contributed by atoms with Crippen LogP contribution in [-0.4, -0.2) is 58.1 Å². The topological polar surface area (TPSA) is 130 Å². The van der Waals surface area contributed by atoms with Crippen molar-refractivity contribution in [3.63, 3.8) is 0 Å². The minimum Gasteiger partial charge on any atom is -0.481 e. The molecule has 0 amide bonds. The molecule has 27 heavy (non-hydrogen) atoms. The van der Waals surface area contributed by atoms with Crippen LogP contribution in [0.3, 0.4) is 0 Å². The molecule has 0 aromatic rings. The lowest BCUT2D eigenvalue weighted by atomic mass is 9.51. The number of carboxylic acids is 1. The summed E-state index contributed by atoms with van der Waals surface area (Å²) < 4.78 is 11.1. The van der Waals surface area contributed by atoms with Crippen LogP contribution in [0.25, 0.3) is 0 Å². The molecular weight excluding hydrogens is 356 g/mol. The number of carboxylic acid groups (broad SMARTS) is 1. The van der Waals surface area contributed by atoms with Crippen LogP contribution in [0.2, 0.25) is 0 Å². The molecule has 1 heterocycles. The third kappa shape index (κ3) is 3.04. The quantitative estimate of drug-likeness (QED) is 0.473. The van der Waals surface area contributed by atoms with Gasteiger partial charge < -0.3 is 24.8 Å². The lowest BCUT2D eigenvalue weighted by Gasteiger charge is -2.55. The first kappa shape index (κ1) is 19.8. The van der Waals surface area contributed by atoms with Gasteiger partial charge in [0.15, 0.2) is 0 Å². The summed E-state index contributed by atoms with van der Waals surface area (Å²) in [5, 5.41) is 29.6. The maximum atomic E-state index is 12.2. The number of carbonyl (C=O) groups is 3. The second-order valence-electron chi connectivity index (χ2n) is 8.25. The van der Waals surface area contributed by atoms with Crippen LogP contribution >= 0.6 is 0 Å². The number of aliphatic hydroxyl groups is 2. The third-order valence-corrected chi connectivity index (χ3v) is 6.63. The number of carbonyl (C=O) groups excluding carboxylic acids is 2. The number of hydrogen-bond donors (Lipinski definition) is 3. The van der Waals surface area contributed by atoms with Gasteiger partial charge in [-0.25, -0.2) is 4.79 Å². The first-order valence-electron chi connectivity index (χ1n) is 9.23. The van der Waals surface area contributed by atoms with E-state index in [2.05, 4.69) is 6.58 Å². The van der Waals surface area contributed by atoms with Crippen LogP contribution in [0.4, 0.5) is 0 Å². The van der Waals surface area contributed by atoms with Gasteiger partial charge >= 0.3 is 17.9 Å². The van der Waals surface area contributed by atoms with E-state index in [1.165, 1.54) is 6.92 Å². The maximum absolute atomic E-state index is 12.2. The molecule has 2 saturated carbocycles. The Balaban J connectivity index is 2.00. The molecule has 0 radical (unpaired) electrons. The lowest BCUT2D eigenvalue weighted by molar-refractivity contribution is -0.204. The molecular formula is C19H26O8. The predicted molar refractivity (Wildman–Crippen MR) is 91.2 cm³/mol. The Morgan fingerprint density at radius 1 is 1.41 bits per heavy atom. The van der Waals surface area contributed by atoms with Gasteiger partial charge in [0.05, 0.1) is 30.5 Å². The maximum Gasteiger partial charge on any atom is 0.334 e. The zero-order chi connectivity index (χ0) is 20.1. The Bertz CT molecular complexity index is 673. The molecule has 3 fully saturated rings. The average molecular weight is 382 g/mol. The standard InChI is InChI=1S/C19H26O8/c1-8(7-20)17(24)26-11-6-19(3)12(21)5-4-10(16(22)23)14(19)15-13(11)9(2)18(25)27-15/h8,10-15,20-21H,2,4-7H2,1,3H3,(H,22,23)/t8-,10+,11+,12-,13-,14-,15+,19+/m1/s1. The smallest absolute Gasteiger partial charge is 0.334 e. The number of rotatable bonds is 4. The van der Waals surface area contributed by atoms with E-state index in [1.807, 2.05) is 0 Å². The minimum atomic E-state index is -0.991. The first-order chi connectivity index (χ1) is 12.6. The summed E-state index contributed by atoms with van der Waals surface area (Å²) in [6, 6.07) is 0. The van der Waals surface area contributed by atoms with Gasteiger partial charge in [0.25, 0.3) is 0 Å². The van der Waals surface area contributed by atoms with Gasteiger partial charge in [-0.3, -0.25) is 9.59 Å². The molecule has 150 valence electrons. The fraction of sp³-hybridized carbons (Fsp3) is 0.737. The number of esters is 2. The molecule has 1 saturated heterocycles. The highest BCUT2D eigenvalue weighted by Crippen LogP contribution is 2.58. The molecule has 2 aliphatic carbocycles. The highest BCUT2D eigenvalue weighted by atomic mass is 16.6. The van der Waals surface area contributed by atoms with Crippen LogP contribution in [0.15, 0.2) is 12.2 Å². The van der Waals surface area contributed by atoms with Crippen molar-refractivity contribution in [2.24, 2.45) is 29.1 Å². The van der Waals surface area contributed by atoms with Crippen LogP contribution in [0, 0.1) is 29.1 Å². The summed E-state index contributed by atoms with van der Waals surface area (Å²) in [7, 11) is 0. The minimum absolute atomic E-state index is 0.153. The van der Waals surface area contributed by atoms with Gasteiger partial charge in [0.1, 0.15) is 12.2 Å². The molecule has 0 aromatic heterocycles. The predicted octanol–water partition coefficient (Wildman–Crippen LogP) is 0.506. The van der Waals surface area contributed by atoms with E-state index < -0.39 is 65.3 Å². The fourth-order valence-corrected chi connectivity index (χ4v) is 5.04. The van der Waals surface area contributed by atoms with E-state index in [4.69, 9.17) is 9.47 Å². The number of ether oxygens (including phenoxy) is 2. The molecule has 8 nitrogen and oxygen atoms in total. The number of hydrogen-bond acceptors (Lipinski definition) is 7. The summed E-state index contributed by atoms with van der Waals surface area (Å²) in [4.78, 5) is 36.3. The number of aliphatic carboxylic acids is 1. The van der Waals surface area contributed by atoms with Crippen LogP contribution in [0.5, 0.6) is 0 Å². The molecule has 1 aliphatic heterocycles. The monoisotopic (exact) mass is 382 g/mol. The molecule has 8 heteroatoms. The highest BCUT2D eigenvalue weighted by molar-refractivity contribution is 5.91. The van der Waals surface area contributed by atoms with Gasteiger partial charge in [-0.15, -0.1) is 0 Å². The molecule has 3 N–H and O–H groups in total. The van der Waals surface area contributed by atoms with Crippen molar-refractivity contribution in [1.82, 2.24) is 0 Å². The first-order valence-corrected chi connectivity index (χ1v) is 9.23. The molecule has 8 atom stereocenters. The normalized spacial score (nSPS) is 41.9. The van der Waals surface area contributed by atoms with E-state index in [-0.39, 0.29) is 25.0 Å². The summed E-state index contributed by atoms with van der Waals surface area (Å²) in [6.45, 7) is 6.68. The van der Waals surface area contributed by atoms with Crippen molar-refractivity contribution >= 4 is 17.9 Å². The van der Waals surface area contributed by atoms with Gasteiger partial charge in [0, 0.05) is 16.9 Å². The zero-order valence-corrected chi connectivity index (χ0v) is 15.5. The summed E-state index contributed by atoms with van der Waals surface area (Å²) >= 11 is 0. The highest BCUT2D eigenvalue weighted by Gasteiger charge is 2.64. The average Bonchev–Trinajstić information content (AvgIpc) is 2.90. The largest absolute Gasteiger partial charge is 0.481 e. The van der Waals surface area contributed by atoms with Crippen molar-refractivity contribution in [2.75, 3.05) is 6.61 Å². The Morgan fingerprint density at radius 3 is 2.67 bits per heavy atom. The van der Waals surface area contributed by atoms with Crippen LogP contribution < -0.4 is 0 Å². The van der Waals surface area contributed by atoms with Crippen molar-refractivity contribution in [1.29, 1.82) is 0 Å². The molecule has 0 spiro atoms. The summed E-state index contributed by atoms with van der Waals surface area (Å²) in [5.74, 6) is -4.99. The Kier molecular flexibility index (Phi) is 5.07. The second kappa shape index (κ2) is 6.91. The second-order valence-corrected chi connectivity index (χ2v) is 8.25. The SMILES string of the molecule is C=C1C(=O)O[C@H]2[C@H]1[C@@H](OC(=O)[C@H](C)CO)C[C@]1(C)[C@@H]2[C@@H](C(=O)O)CC[C@H]1O. The van der Waals surface area contributed by atoms with Crippen molar-refractivity contribution in [3.8, 4) is 0 Å². The van der Waals surface area contributed by atoms with E-state index >= 15 is 0 Å². The van der Waals surface area contributed by atoms with Gasteiger partial charge in [-0.1, -0.05) is 13.5 Å². The molecule has 3 aliphatic rings. The van der Waals surface area contributed by atoms with Gasteiger partial charge in [0.2, 0.25) is 0 Å². The molecule has 0 bridgehead atoms. The van der Waals surface area contributed by atoms with E-state index in [1.54, 1.807) is 6.92 Å². The van der Waals surface area contributed by atoms with Crippen molar-refractivity contribution < 1.29 is 39.2 Å². The summed E-state index contributed by atoms with van der Waals surface area (Å²) in [5.41, 5.74) is -0.735. The van der Waals surface area contributed by atoms with Crippen molar-refractivity contribution in [2.45, 2.75) is 51.4 Å². The lowest BCUT2D eigenvalue weighted by Crippen LogP contribution is -2.61. The Hall–Kier alpha value is -1.93. The Labute approximate surface area is 157 Å².